The number of aliphatic hydroxyl groups is 1. The van der Waals surface area contributed by atoms with E-state index >= 15 is 0 Å². The summed E-state index contributed by atoms with van der Waals surface area (Å²) in [6, 6.07) is 1.80. The zero-order valence-electron chi connectivity index (χ0n) is 14.0. The largest absolute Gasteiger partial charge is 0.463 e. The van der Waals surface area contributed by atoms with Gasteiger partial charge in [-0.15, -0.1) is 0 Å². The van der Waals surface area contributed by atoms with Crippen molar-refractivity contribution in [2.24, 2.45) is 13.0 Å². The van der Waals surface area contributed by atoms with Gasteiger partial charge < -0.3 is 18.8 Å². The lowest BCUT2D eigenvalue weighted by Gasteiger charge is -2.34. The molecule has 0 radical (unpaired) electrons. The van der Waals surface area contributed by atoms with Crippen molar-refractivity contribution in [3.05, 3.63) is 41.9 Å². The van der Waals surface area contributed by atoms with Gasteiger partial charge in [0.15, 0.2) is 0 Å². The van der Waals surface area contributed by atoms with Gasteiger partial charge in [-0.2, -0.15) is 0 Å². The number of hydrogen-bond acceptors (Lipinski definition) is 6. The normalized spacial score (nSPS) is 20.0. The Morgan fingerprint density at radius 3 is 3.12 bits per heavy atom. The van der Waals surface area contributed by atoms with E-state index in [0.717, 1.165) is 31.5 Å². The highest BCUT2D eigenvalue weighted by molar-refractivity contribution is 5.87. The van der Waals surface area contributed by atoms with Crippen molar-refractivity contribution in [1.82, 2.24) is 14.5 Å². The number of furan rings is 1. The van der Waals surface area contributed by atoms with Crippen molar-refractivity contribution in [1.29, 1.82) is 0 Å². The van der Waals surface area contributed by atoms with Gasteiger partial charge in [-0.1, -0.05) is 0 Å². The van der Waals surface area contributed by atoms with E-state index in [4.69, 9.17) is 9.15 Å². The summed E-state index contributed by atoms with van der Waals surface area (Å²) in [6.07, 6.45) is 6.42. The number of hydrogen-bond donors (Lipinski definition) is 1. The van der Waals surface area contributed by atoms with Crippen LogP contribution in [0, 0.1) is 5.92 Å². The van der Waals surface area contributed by atoms with Crippen molar-refractivity contribution in [3.8, 4) is 0 Å². The van der Waals surface area contributed by atoms with Crippen LogP contribution in [0.25, 0.3) is 0 Å². The van der Waals surface area contributed by atoms with Gasteiger partial charge in [-0.25, -0.2) is 9.78 Å². The van der Waals surface area contributed by atoms with Gasteiger partial charge in [0.1, 0.15) is 11.9 Å². The first kappa shape index (κ1) is 16.7. The number of ether oxygens (including phenoxy) is 1. The molecule has 1 aliphatic rings. The topological polar surface area (TPSA) is 80.7 Å². The third-order valence-electron chi connectivity index (χ3n) is 4.62. The highest BCUT2D eigenvalue weighted by Gasteiger charge is 2.30. The Morgan fingerprint density at radius 1 is 1.58 bits per heavy atom. The zero-order valence-corrected chi connectivity index (χ0v) is 14.0. The number of likely N-dealkylation sites (tertiary alicyclic amines) is 1. The van der Waals surface area contributed by atoms with Crippen LogP contribution < -0.4 is 0 Å². The molecule has 1 fully saturated rings. The number of aliphatic hydroxyl groups excluding tert-OH is 1. The number of nitrogens with zero attached hydrogens (tertiary/aromatic N) is 3. The maximum Gasteiger partial charge on any atom is 0.374 e. The van der Waals surface area contributed by atoms with Crippen LogP contribution in [0.1, 0.15) is 40.9 Å². The monoisotopic (exact) mass is 333 g/mol. The Kier molecular flexibility index (Phi) is 5.01. The number of aryl methyl sites for hydroxylation is 1. The number of carbonyl (C=O) groups is 1. The smallest absolute Gasteiger partial charge is 0.374 e. The van der Waals surface area contributed by atoms with Crippen LogP contribution in [0.4, 0.5) is 0 Å². The molecule has 7 nitrogen and oxygen atoms in total. The van der Waals surface area contributed by atoms with Crippen LogP contribution in [0.2, 0.25) is 0 Å². The molecule has 2 aromatic heterocycles. The Bertz CT molecular complexity index is 694. The van der Waals surface area contributed by atoms with Crippen LogP contribution in [-0.4, -0.2) is 45.7 Å². The molecular formula is C17H23N3O4. The molecule has 3 rings (SSSR count). The van der Waals surface area contributed by atoms with Gasteiger partial charge in [0.2, 0.25) is 5.76 Å². The molecule has 0 aliphatic carbocycles. The summed E-state index contributed by atoms with van der Waals surface area (Å²) in [4.78, 5) is 18.2. The Hall–Kier alpha value is -2.12. The number of carbonyl (C=O) groups excluding carboxylic acids is 1. The van der Waals surface area contributed by atoms with E-state index < -0.39 is 12.1 Å². The molecular weight excluding hydrogens is 310 g/mol. The molecule has 0 aromatic carbocycles. The van der Waals surface area contributed by atoms with Crippen LogP contribution in [0.5, 0.6) is 0 Å². The zero-order chi connectivity index (χ0) is 17.1. The third-order valence-corrected chi connectivity index (χ3v) is 4.62. The summed E-state index contributed by atoms with van der Waals surface area (Å²) in [5, 5.41) is 10.6. The minimum Gasteiger partial charge on any atom is -0.463 e. The maximum absolute atomic E-state index is 11.7. The molecule has 2 atom stereocenters. The first-order valence-electron chi connectivity index (χ1n) is 8.12. The fourth-order valence-corrected chi connectivity index (χ4v) is 3.34. The molecule has 1 saturated heterocycles. The fraction of sp³-hybridized carbons (Fsp3) is 0.529. The molecule has 0 amide bonds. The molecule has 2 unspecified atom stereocenters. The molecule has 0 saturated carbocycles. The van der Waals surface area contributed by atoms with Crippen LogP contribution >= 0.6 is 0 Å². The standard InChI is InChI=1S/C17H23N3O4/c1-19-8-6-18-16(19)14(21)12-4-3-7-20(10-12)11-13-5-9-24-15(13)17(22)23-2/h5-6,8-9,12,14,21H,3-4,7,10-11H2,1-2H3. The molecule has 3 heterocycles. The minimum atomic E-state index is -0.586. The maximum atomic E-state index is 11.7. The summed E-state index contributed by atoms with van der Waals surface area (Å²) in [5.74, 6) is 0.606. The Labute approximate surface area is 140 Å². The van der Waals surface area contributed by atoms with E-state index in [2.05, 4.69) is 9.88 Å². The predicted molar refractivity (Wildman–Crippen MR) is 86.2 cm³/mol. The third kappa shape index (κ3) is 3.37. The second-order valence-corrected chi connectivity index (χ2v) is 6.25. The van der Waals surface area contributed by atoms with Crippen molar-refractivity contribution >= 4 is 5.97 Å². The molecule has 130 valence electrons. The molecule has 2 aromatic rings. The number of imidazole rings is 1. The summed E-state index contributed by atoms with van der Waals surface area (Å²) in [5.41, 5.74) is 0.814. The highest BCUT2D eigenvalue weighted by atomic mass is 16.5. The average Bonchev–Trinajstić information content (AvgIpc) is 3.22. The van der Waals surface area contributed by atoms with Gasteiger partial charge in [0, 0.05) is 44.0 Å². The average molecular weight is 333 g/mol. The van der Waals surface area contributed by atoms with Crippen molar-refractivity contribution in [2.75, 3.05) is 20.2 Å². The molecule has 1 aliphatic heterocycles. The second-order valence-electron chi connectivity index (χ2n) is 6.25. The van der Waals surface area contributed by atoms with Crippen LogP contribution in [0.15, 0.2) is 29.1 Å². The summed E-state index contributed by atoms with van der Waals surface area (Å²) < 4.78 is 11.8. The number of piperidine rings is 1. The van der Waals surface area contributed by atoms with E-state index in [-0.39, 0.29) is 11.7 Å². The van der Waals surface area contributed by atoms with E-state index in [9.17, 15) is 9.90 Å². The predicted octanol–water partition coefficient (Wildman–Crippen LogP) is 1.75. The fourth-order valence-electron chi connectivity index (χ4n) is 3.34. The quantitative estimate of drug-likeness (QED) is 0.840. The first-order chi connectivity index (χ1) is 11.6. The molecule has 7 heteroatoms. The number of aromatic nitrogens is 2. The van der Waals surface area contributed by atoms with Crippen LogP contribution in [-0.2, 0) is 18.3 Å². The molecule has 24 heavy (non-hydrogen) atoms. The Morgan fingerprint density at radius 2 is 2.42 bits per heavy atom. The highest BCUT2D eigenvalue weighted by Crippen LogP contribution is 2.29. The Balaban J connectivity index is 1.67. The molecule has 1 N–H and O–H groups in total. The lowest BCUT2D eigenvalue weighted by Crippen LogP contribution is -2.38. The van der Waals surface area contributed by atoms with Crippen LogP contribution in [0.3, 0.4) is 0 Å². The summed E-state index contributed by atoms with van der Waals surface area (Å²) in [7, 11) is 3.23. The number of methoxy groups -OCH3 is 1. The van der Waals surface area contributed by atoms with Crippen molar-refractivity contribution in [3.63, 3.8) is 0 Å². The van der Waals surface area contributed by atoms with E-state index in [1.165, 1.54) is 13.4 Å². The van der Waals surface area contributed by atoms with Gasteiger partial charge in [0.05, 0.1) is 13.4 Å². The summed E-state index contributed by atoms with van der Waals surface area (Å²) >= 11 is 0. The first-order valence-corrected chi connectivity index (χ1v) is 8.12. The van der Waals surface area contributed by atoms with Gasteiger partial charge in [-0.05, 0) is 25.5 Å². The SMILES string of the molecule is COC(=O)c1occc1CN1CCCC(C(O)c2nccn2C)C1. The van der Waals surface area contributed by atoms with Gasteiger partial charge >= 0.3 is 5.97 Å². The second kappa shape index (κ2) is 7.19. The van der Waals surface area contributed by atoms with Crippen molar-refractivity contribution in [2.45, 2.75) is 25.5 Å². The van der Waals surface area contributed by atoms with E-state index in [1.54, 1.807) is 12.3 Å². The number of rotatable bonds is 5. The van der Waals surface area contributed by atoms with Gasteiger partial charge in [-0.3, -0.25) is 4.90 Å². The van der Waals surface area contributed by atoms with E-state index in [0.29, 0.717) is 12.4 Å². The summed E-state index contributed by atoms with van der Waals surface area (Å²) in [6.45, 7) is 2.28. The van der Waals surface area contributed by atoms with Gasteiger partial charge in [0.25, 0.3) is 0 Å². The van der Waals surface area contributed by atoms with Crippen molar-refractivity contribution < 1.29 is 19.1 Å². The lowest BCUT2D eigenvalue weighted by molar-refractivity contribution is 0.0397. The van der Waals surface area contributed by atoms with E-state index in [1.807, 2.05) is 17.8 Å². The lowest BCUT2D eigenvalue weighted by atomic mass is 9.91. The molecule has 0 spiro atoms. The number of esters is 1. The minimum absolute atomic E-state index is 0.119. The molecule has 0 bridgehead atoms.